The Hall–Kier alpha value is -0.580. The second-order valence-corrected chi connectivity index (χ2v) is 9.08. The number of rotatable bonds is 5. The molecule has 0 aliphatic heterocycles. The summed E-state index contributed by atoms with van der Waals surface area (Å²) in [5.74, 6) is 0. The summed E-state index contributed by atoms with van der Waals surface area (Å²) in [6.07, 6.45) is 2.48. The average molecular weight is 451 g/mol. The van der Waals surface area contributed by atoms with Crippen molar-refractivity contribution in [3.63, 3.8) is 0 Å². The summed E-state index contributed by atoms with van der Waals surface area (Å²) >= 11 is 3.58. The minimum Gasteiger partial charge on any atom is -0.189 e. The molecule has 2 rings (SSSR count). The normalized spacial score (nSPS) is 12.1. The first-order chi connectivity index (χ1) is 10.3. The molecule has 22 heavy (non-hydrogen) atoms. The van der Waals surface area contributed by atoms with Crippen LogP contribution in [0.1, 0.15) is 18.1 Å². The lowest BCUT2D eigenvalue weighted by Crippen LogP contribution is -2.30. The maximum absolute atomic E-state index is 12.4. The predicted molar refractivity (Wildman–Crippen MR) is 97.6 cm³/mol. The van der Waals surface area contributed by atoms with Crippen LogP contribution < -0.4 is 0 Å². The van der Waals surface area contributed by atoms with Crippen molar-refractivity contribution in [2.75, 3.05) is 14.1 Å². The van der Waals surface area contributed by atoms with Crippen LogP contribution in [-0.2, 0) is 16.6 Å². The molecule has 8 heteroatoms. The molecule has 0 atom stereocenters. The molecule has 5 nitrogen and oxygen atoms in total. The molecule has 120 valence electrons. The van der Waals surface area contributed by atoms with Gasteiger partial charge in [0.1, 0.15) is 5.03 Å². The number of benzene rings is 1. The van der Waals surface area contributed by atoms with E-state index in [1.54, 1.807) is 6.20 Å². The van der Waals surface area contributed by atoms with Crippen molar-refractivity contribution < 1.29 is 8.42 Å². The molecule has 0 unspecified atom stereocenters. The summed E-state index contributed by atoms with van der Waals surface area (Å²) in [5, 5.41) is 4.67. The molecule has 1 aromatic heterocycles. The lowest BCUT2D eigenvalue weighted by Gasteiger charge is -2.15. The summed E-state index contributed by atoms with van der Waals surface area (Å²) in [5.41, 5.74) is 2.34. The van der Waals surface area contributed by atoms with Gasteiger partial charge >= 0.3 is 10.2 Å². The maximum Gasteiger partial charge on any atom is 0.323 e. The summed E-state index contributed by atoms with van der Waals surface area (Å²) in [4.78, 5) is 1.10. The Labute approximate surface area is 149 Å². The van der Waals surface area contributed by atoms with E-state index in [0.717, 1.165) is 24.5 Å². The van der Waals surface area contributed by atoms with E-state index in [2.05, 4.69) is 40.7 Å². The van der Waals surface area contributed by atoms with Crippen LogP contribution in [0, 0.1) is 10.5 Å². The van der Waals surface area contributed by atoms with Crippen molar-refractivity contribution in [3.05, 3.63) is 39.1 Å². The zero-order valence-electron chi connectivity index (χ0n) is 12.9. The van der Waals surface area contributed by atoms with Crippen LogP contribution in [0.3, 0.4) is 0 Å². The molecule has 1 heterocycles. The van der Waals surface area contributed by atoms with Gasteiger partial charge in [0.05, 0.1) is 9.77 Å². The van der Waals surface area contributed by atoms with Gasteiger partial charge in [0.2, 0.25) is 0 Å². The fraction of sp³-hybridized carbons (Fsp3) is 0.357. The smallest absolute Gasteiger partial charge is 0.189 e. The van der Waals surface area contributed by atoms with Crippen LogP contribution in [0.4, 0.5) is 0 Å². The van der Waals surface area contributed by atoms with E-state index in [0.29, 0.717) is 5.03 Å². The first-order valence-corrected chi connectivity index (χ1v) is 10.0. The van der Waals surface area contributed by atoms with Gasteiger partial charge in [-0.05, 0) is 47.1 Å². The fourth-order valence-corrected chi connectivity index (χ4v) is 5.01. The van der Waals surface area contributed by atoms with E-state index in [1.165, 1.54) is 35.7 Å². The van der Waals surface area contributed by atoms with E-state index in [-0.39, 0.29) is 0 Å². The molecule has 0 fully saturated rings. The number of halogens is 1. The van der Waals surface area contributed by atoms with Crippen molar-refractivity contribution in [1.82, 2.24) is 13.5 Å². The highest BCUT2D eigenvalue weighted by Crippen LogP contribution is 2.36. The summed E-state index contributed by atoms with van der Waals surface area (Å²) in [6.45, 7) is 4.13. The fourth-order valence-electron chi connectivity index (χ4n) is 1.94. The summed E-state index contributed by atoms with van der Waals surface area (Å²) in [6, 6.07) is 6.13. The molecule has 0 saturated carbocycles. The maximum atomic E-state index is 12.4. The number of aryl methyl sites for hydroxylation is 2. The van der Waals surface area contributed by atoms with Gasteiger partial charge in [-0.2, -0.15) is 17.8 Å². The highest BCUT2D eigenvalue weighted by Gasteiger charge is 2.24. The van der Waals surface area contributed by atoms with Gasteiger partial charge in [-0.3, -0.25) is 0 Å². The van der Waals surface area contributed by atoms with Crippen molar-refractivity contribution >= 4 is 44.6 Å². The molecule has 0 amide bonds. The first-order valence-electron chi connectivity index (χ1n) is 6.72. The Bertz CT molecular complexity index is 785. The van der Waals surface area contributed by atoms with Crippen LogP contribution >= 0.6 is 34.4 Å². The highest BCUT2D eigenvalue weighted by molar-refractivity contribution is 14.1. The Morgan fingerprint density at radius 2 is 2.05 bits per heavy atom. The van der Waals surface area contributed by atoms with Crippen LogP contribution in [-0.4, -0.2) is 36.0 Å². The van der Waals surface area contributed by atoms with Crippen LogP contribution in [0.2, 0.25) is 0 Å². The Kier molecular flexibility index (Phi) is 5.57. The third kappa shape index (κ3) is 3.34. The molecular formula is C14H18IN3O2S2. The summed E-state index contributed by atoms with van der Waals surface area (Å²) in [7, 11) is -0.619. The molecule has 0 bridgehead atoms. The quantitative estimate of drug-likeness (QED) is 0.656. The van der Waals surface area contributed by atoms with E-state index in [9.17, 15) is 8.42 Å². The zero-order valence-corrected chi connectivity index (χ0v) is 16.7. The van der Waals surface area contributed by atoms with E-state index < -0.39 is 10.2 Å². The SMILES string of the molecule is CCc1cccc(C)c1Sc1c(I)cnn1S(=O)(=O)N(C)C. The summed E-state index contributed by atoms with van der Waals surface area (Å²) < 4.78 is 27.9. The van der Waals surface area contributed by atoms with Gasteiger partial charge < -0.3 is 0 Å². The first kappa shape index (κ1) is 17.8. The van der Waals surface area contributed by atoms with Gasteiger partial charge in [-0.1, -0.05) is 36.9 Å². The number of nitrogens with zero attached hydrogens (tertiary/aromatic N) is 3. The van der Waals surface area contributed by atoms with Gasteiger partial charge in [-0.25, -0.2) is 0 Å². The molecule has 0 radical (unpaired) electrons. The Balaban J connectivity index is 2.55. The largest absolute Gasteiger partial charge is 0.323 e. The van der Waals surface area contributed by atoms with E-state index >= 15 is 0 Å². The van der Waals surface area contributed by atoms with Gasteiger partial charge in [0.25, 0.3) is 0 Å². The Morgan fingerprint density at radius 1 is 1.36 bits per heavy atom. The highest BCUT2D eigenvalue weighted by atomic mass is 127. The number of aromatic nitrogens is 2. The zero-order chi connectivity index (χ0) is 16.5. The van der Waals surface area contributed by atoms with Gasteiger partial charge in [0, 0.05) is 19.0 Å². The van der Waals surface area contributed by atoms with Crippen molar-refractivity contribution in [3.8, 4) is 0 Å². The van der Waals surface area contributed by atoms with Crippen molar-refractivity contribution in [2.24, 2.45) is 0 Å². The molecule has 2 aromatic rings. The third-order valence-electron chi connectivity index (χ3n) is 3.21. The van der Waals surface area contributed by atoms with Gasteiger partial charge in [-0.15, -0.1) is 4.09 Å². The van der Waals surface area contributed by atoms with E-state index in [1.807, 2.05) is 19.1 Å². The minimum atomic E-state index is -3.63. The Morgan fingerprint density at radius 3 is 2.64 bits per heavy atom. The molecule has 0 aliphatic carbocycles. The number of hydrogen-bond donors (Lipinski definition) is 0. The van der Waals surface area contributed by atoms with Gasteiger partial charge in [0.15, 0.2) is 0 Å². The molecule has 0 saturated heterocycles. The van der Waals surface area contributed by atoms with E-state index in [4.69, 9.17) is 0 Å². The lowest BCUT2D eigenvalue weighted by atomic mass is 10.1. The van der Waals surface area contributed by atoms with Crippen molar-refractivity contribution in [1.29, 1.82) is 0 Å². The minimum absolute atomic E-state index is 0.623. The lowest BCUT2D eigenvalue weighted by molar-refractivity contribution is 0.498. The monoisotopic (exact) mass is 451 g/mol. The second-order valence-electron chi connectivity index (χ2n) is 4.95. The van der Waals surface area contributed by atoms with Crippen LogP contribution in [0.15, 0.2) is 34.3 Å². The van der Waals surface area contributed by atoms with Crippen LogP contribution in [0.5, 0.6) is 0 Å². The molecule has 1 aromatic carbocycles. The van der Waals surface area contributed by atoms with Crippen molar-refractivity contribution in [2.45, 2.75) is 30.2 Å². The average Bonchev–Trinajstić information content (AvgIpc) is 2.82. The topological polar surface area (TPSA) is 55.2 Å². The molecular weight excluding hydrogens is 433 g/mol. The molecule has 0 spiro atoms. The molecule has 0 N–H and O–H groups in total. The standard InChI is InChI=1S/C14H18IN3O2S2/c1-5-11-8-6-7-10(2)13(11)21-14-12(15)9-16-18(14)22(19,20)17(3)4/h6-9H,5H2,1-4H3. The second kappa shape index (κ2) is 6.90. The van der Waals surface area contributed by atoms with Crippen LogP contribution in [0.25, 0.3) is 0 Å². The predicted octanol–water partition coefficient (Wildman–Crippen LogP) is 3.16. The third-order valence-corrected chi connectivity index (χ3v) is 7.49. The number of hydrogen-bond acceptors (Lipinski definition) is 4. The molecule has 0 aliphatic rings.